The van der Waals surface area contributed by atoms with E-state index in [1.54, 1.807) is 43.5 Å². The normalized spacial score (nSPS) is 12.0. The summed E-state index contributed by atoms with van der Waals surface area (Å²) in [5.41, 5.74) is 6.72. The number of aromatic nitrogens is 1. The Labute approximate surface area is 137 Å². The number of nitrogens with one attached hydrogen (secondary N) is 1. The van der Waals surface area contributed by atoms with E-state index in [0.717, 1.165) is 0 Å². The summed E-state index contributed by atoms with van der Waals surface area (Å²) >= 11 is 13.2. The van der Waals surface area contributed by atoms with Crippen molar-refractivity contribution in [3.8, 4) is 0 Å². The largest absolute Gasteiger partial charge is 0.397 e. The topological polar surface area (TPSA) is 68.0 Å². The average molecular weight is 342 g/mol. The van der Waals surface area contributed by atoms with Crippen LogP contribution in [0.15, 0.2) is 41.6 Å². The molecule has 1 aromatic heterocycles. The summed E-state index contributed by atoms with van der Waals surface area (Å²) in [6.07, 6.45) is 1.64. The number of rotatable bonds is 4. The quantitative estimate of drug-likeness (QED) is 0.649. The number of carbonyl (C=O) groups excluding carboxylic acids is 1. The molecule has 0 spiro atoms. The molecule has 0 bridgehead atoms. The molecule has 0 aliphatic rings. The maximum atomic E-state index is 12.1. The third-order valence-corrected chi connectivity index (χ3v) is 4.52. The third-order valence-electron chi connectivity index (χ3n) is 2.65. The molecule has 0 radical (unpaired) electrons. The predicted octanol–water partition coefficient (Wildman–Crippen LogP) is 4.09. The van der Waals surface area contributed by atoms with Gasteiger partial charge in [0.05, 0.1) is 21.0 Å². The molecule has 0 aliphatic heterocycles. The zero-order chi connectivity index (χ0) is 15.4. The number of hydrogen-bond donors (Lipinski definition) is 2. The van der Waals surface area contributed by atoms with Crippen molar-refractivity contribution in [3.05, 3.63) is 46.6 Å². The van der Waals surface area contributed by atoms with Gasteiger partial charge in [-0.05, 0) is 37.3 Å². The molecule has 1 atom stereocenters. The van der Waals surface area contributed by atoms with Crippen LogP contribution in [0.3, 0.4) is 0 Å². The number of nitrogens with zero attached hydrogens (tertiary/aromatic N) is 1. The van der Waals surface area contributed by atoms with Crippen LogP contribution in [0.2, 0.25) is 10.0 Å². The van der Waals surface area contributed by atoms with Gasteiger partial charge in [0.25, 0.3) is 0 Å². The Balaban J connectivity index is 2.02. The van der Waals surface area contributed by atoms with E-state index < -0.39 is 0 Å². The number of benzene rings is 1. The van der Waals surface area contributed by atoms with Gasteiger partial charge in [-0.1, -0.05) is 35.0 Å². The number of amides is 1. The minimum atomic E-state index is -0.352. The van der Waals surface area contributed by atoms with Crippen molar-refractivity contribution in [1.29, 1.82) is 0 Å². The molecule has 0 saturated carbocycles. The number of pyridine rings is 1. The number of carbonyl (C=O) groups is 1. The molecular weight excluding hydrogens is 329 g/mol. The molecule has 110 valence electrons. The van der Waals surface area contributed by atoms with Crippen molar-refractivity contribution < 1.29 is 4.79 Å². The number of halogens is 2. The van der Waals surface area contributed by atoms with Crippen molar-refractivity contribution in [1.82, 2.24) is 4.98 Å². The first kappa shape index (κ1) is 15.9. The maximum absolute atomic E-state index is 12.1. The minimum Gasteiger partial charge on any atom is -0.397 e. The molecule has 2 rings (SSSR count). The standard InChI is InChI=1S/C14H13Cl2N3OS/c1-8(21-14-11(16)3-2-6-18-14)13(20)19-9-4-5-10(15)12(17)7-9/h2-8H,17H2,1H3,(H,19,20). The van der Waals surface area contributed by atoms with Crippen LogP contribution in [0.5, 0.6) is 0 Å². The smallest absolute Gasteiger partial charge is 0.237 e. The van der Waals surface area contributed by atoms with E-state index >= 15 is 0 Å². The van der Waals surface area contributed by atoms with E-state index in [1.165, 1.54) is 11.8 Å². The second-order valence-corrected chi connectivity index (χ2v) is 6.42. The molecule has 1 unspecified atom stereocenters. The van der Waals surface area contributed by atoms with Crippen molar-refractivity contribution in [3.63, 3.8) is 0 Å². The number of hydrogen-bond acceptors (Lipinski definition) is 4. The first-order valence-electron chi connectivity index (χ1n) is 6.10. The summed E-state index contributed by atoms with van der Waals surface area (Å²) < 4.78 is 0. The van der Waals surface area contributed by atoms with Crippen LogP contribution in [0.1, 0.15) is 6.92 Å². The van der Waals surface area contributed by atoms with Crippen LogP contribution in [0.4, 0.5) is 11.4 Å². The van der Waals surface area contributed by atoms with Gasteiger partial charge in [-0.15, -0.1) is 0 Å². The van der Waals surface area contributed by atoms with Gasteiger partial charge in [0.2, 0.25) is 5.91 Å². The zero-order valence-electron chi connectivity index (χ0n) is 11.1. The van der Waals surface area contributed by atoms with Crippen molar-refractivity contribution in [2.24, 2.45) is 0 Å². The van der Waals surface area contributed by atoms with Crippen LogP contribution in [0.25, 0.3) is 0 Å². The number of nitrogens with two attached hydrogens (primary N) is 1. The number of anilines is 2. The summed E-state index contributed by atoms with van der Waals surface area (Å²) in [6.45, 7) is 1.78. The first-order chi connectivity index (χ1) is 9.97. The SMILES string of the molecule is CC(Sc1ncccc1Cl)C(=O)Nc1ccc(Cl)c(N)c1. The third kappa shape index (κ3) is 4.27. The summed E-state index contributed by atoms with van der Waals surface area (Å²) in [5.74, 6) is -0.163. The van der Waals surface area contributed by atoms with E-state index in [9.17, 15) is 4.79 Å². The highest BCUT2D eigenvalue weighted by molar-refractivity contribution is 8.00. The number of nitrogen functional groups attached to an aromatic ring is 1. The van der Waals surface area contributed by atoms with Crippen molar-refractivity contribution >= 4 is 52.2 Å². The summed E-state index contributed by atoms with van der Waals surface area (Å²) in [5, 5.41) is 4.03. The lowest BCUT2D eigenvalue weighted by molar-refractivity contribution is -0.115. The van der Waals surface area contributed by atoms with Gasteiger partial charge in [0.1, 0.15) is 5.03 Å². The second-order valence-electron chi connectivity index (χ2n) is 4.28. The van der Waals surface area contributed by atoms with Crippen LogP contribution in [-0.2, 0) is 4.79 Å². The highest BCUT2D eigenvalue weighted by Gasteiger charge is 2.17. The van der Waals surface area contributed by atoms with Crippen LogP contribution < -0.4 is 11.1 Å². The fraction of sp³-hybridized carbons (Fsp3) is 0.143. The molecule has 1 heterocycles. The molecule has 0 saturated heterocycles. The molecule has 4 nitrogen and oxygen atoms in total. The van der Waals surface area contributed by atoms with Gasteiger partial charge in [-0.2, -0.15) is 0 Å². The van der Waals surface area contributed by atoms with E-state index in [1.807, 2.05) is 0 Å². The van der Waals surface area contributed by atoms with Crippen LogP contribution in [-0.4, -0.2) is 16.1 Å². The average Bonchev–Trinajstić information content (AvgIpc) is 2.45. The van der Waals surface area contributed by atoms with Crippen molar-refractivity contribution in [2.45, 2.75) is 17.2 Å². The van der Waals surface area contributed by atoms with E-state index in [0.29, 0.717) is 26.4 Å². The Kier molecular flexibility index (Phi) is 5.33. The monoisotopic (exact) mass is 341 g/mol. The molecule has 7 heteroatoms. The van der Waals surface area contributed by atoms with E-state index in [-0.39, 0.29) is 11.2 Å². The fourth-order valence-electron chi connectivity index (χ4n) is 1.54. The highest BCUT2D eigenvalue weighted by atomic mass is 35.5. The molecule has 0 fully saturated rings. The summed E-state index contributed by atoms with van der Waals surface area (Å²) in [7, 11) is 0. The first-order valence-corrected chi connectivity index (χ1v) is 7.74. The fourth-order valence-corrected chi connectivity index (χ4v) is 2.72. The second kappa shape index (κ2) is 7.02. The Bertz CT molecular complexity index is 666. The van der Waals surface area contributed by atoms with Gasteiger partial charge in [-0.3, -0.25) is 4.79 Å². The summed E-state index contributed by atoms with van der Waals surface area (Å²) in [4.78, 5) is 16.3. The Morgan fingerprint density at radius 3 is 2.76 bits per heavy atom. The predicted molar refractivity (Wildman–Crippen MR) is 89.1 cm³/mol. The van der Waals surface area contributed by atoms with Crippen LogP contribution in [0, 0.1) is 0 Å². The lowest BCUT2D eigenvalue weighted by Crippen LogP contribution is -2.22. The molecule has 21 heavy (non-hydrogen) atoms. The molecule has 1 aromatic carbocycles. The lowest BCUT2D eigenvalue weighted by Gasteiger charge is -2.12. The van der Waals surface area contributed by atoms with Crippen LogP contribution >= 0.6 is 35.0 Å². The molecule has 2 aromatic rings. The van der Waals surface area contributed by atoms with Crippen molar-refractivity contribution in [2.75, 3.05) is 11.1 Å². The summed E-state index contributed by atoms with van der Waals surface area (Å²) in [6, 6.07) is 8.43. The van der Waals surface area contributed by atoms with Gasteiger partial charge in [0.15, 0.2) is 0 Å². The maximum Gasteiger partial charge on any atom is 0.237 e. The van der Waals surface area contributed by atoms with Gasteiger partial charge >= 0.3 is 0 Å². The van der Waals surface area contributed by atoms with Gasteiger partial charge in [-0.25, -0.2) is 4.98 Å². The zero-order valence-corrected chi connectivity index (χ0v) is 13.5. The lowest BCUT2D eigenvalue weighted by atomic mass is 10.2. The highest BCUT2D eigenvalue weighted by Crippen LogP contribution is 2.29. The van der Waals surface area contributed by atoms with E-state index in [4.69, 9.17) is 28.9 Å². The Morgan fingerprint density at radius 1 is 1.33 bits per heavy atom. The molecular formula is C14H13Cl2N3OS. The number of thioether (sulfide) groups is 1. The van der Waals surface area contributed by atoms with E-state index in [2.05, 4.69) is 10.3 Å². The Hall–Kier alpha value is -1.43. The van der Waals surface area contributed by atoms with Gasteiger partial charge in [0, 0.05) is 11.9 Å². The van der Waals surface area contributed by atoms with Gasteiger partial charge < -0.3 is 11.1 Å². The molecule has 0 aliphatic carbocycles. The minimum absolute atomic E-state index is 0.163. The Morgan fingerprint density at radius 2 is 2.10 bits per heavy atom. The molecule has 1 amide bonds. The molecule has 3 N–H and O–H groups in total.